The number of nitrogens with one attached hydrogen (secondary N) is 2. The molecule has 0 atom stereocenters. The highest BCUT2D eigenvalue weighted by molar-refractivity contribution is 7.99. The van der Waals surface area contributed by atoms with Gasteiger partial charge in [0.05, 0.1) is 24.8 Å². The van der Waals surface area contributed by atoms with Crippen LogP contribution in [-0.4, -0.2) is 34.2 Å². The van der Waals surface area contributed by atoms with Crippen LogP contribution in [0.15, 0.2) is 78.1 Å². The minimum Gasteiger partial charge on any atom is -0.497 e. The van der Waals surface area contributed by atoms with Crippen LogP contribution in [0.3, 0.4) is 0 Å². The molecule has 0 bridgehead atoms. The van der Waals surface area contributed by atoms with Gasteiger partial charge in [-0.25, -0.2) is 9.37 Å². The van der Waals surface area contributed by atoms with E-state index in [0.29, 0.717) is 27.9 Å². The van der Waals surface area contributed by atoms with Crippen molar-refractivity contribution < 1.29 is 18.7 Å². The first-order valence-corrected chi connectivity index (χ1v) is 12.6. The summed E-state index contributed by atoms with van der Waals surface area (Å²) < 4.78 is 20.5. The van der Waals surface area contributed by atoms with E-state index in [1.807, 2.05) is 32.0 Å². The van der Waals surface area contributed by atoms with Crippen molar-refractivity contribution in [2.45, 2.75) is 25.5 Å². The summed E-state index contributed by atoms with van der Waals surface area (Å²) in [4.78, 5) is 30.2. The number of para-hydroxylation sites is 1. The molecule has 0 radical (unpaired) electrons. The lowest BCUT2D eigenvalue weighted by molar-refractivity contribution is -0.117. The van der Waals surface area contributed by atoms with Gasteiger partial charge in [-0.05, 0) is 66.9 Å². The summed E-state index contributed by atoms with van der Waals surface area (Å²) >= 11 is 1.22. The molecule has 0 spiro atoms. The number of anilines is 2. The van der Waals surface area contributed by atoms with Gasteiger partial charge in [0.1, 0.15) is 18.1 Å². The number of aromatic nitrogens is 2. The van der Waals surface area contributed by atoms with Crippen molar-refractivity contribution in [2.75, 3.05) is 23.5 Å². The molecule has 0 aliphatic carbocycles. The van der Waals surface area contributed by atoms with Crippen LogP contribution in [0.1, 0.15) is 11.1 Å². The van der Waals surface area contributed by atoms with E-state index >= 15 is 0 Å². The van der Waals surface area contributed by atoms with E-state index < -0.39 is 0 Å². The minimum atomic E-state index is -0.358. The zero-order valence-corrected chi connectivity index (χ0v) is 21.6. The van der Waals surface area contributed by atoms with E-state index in [4.69, 9.17) is 4.74 Å². The monoisotopic (exact) mass is 518 g/mol. The molecule has 2 amide bonds. The number of aryl methyl sites for hydroxylation is 2. The summed E-state index contributed by atoms with van der Waals surface area (Å²) in [5.74, 6) is -0.0926. The first kappa shape index (κ1) is 26.0. The van der Waals surface area contributed by atoms with Crippen LogP contribution in [0, 0.1) is 19.7 Å². The van der Waals surface area contributed by atoms with Crippen molar-refractivity contribution in [1.82, 2.24) is 9.55 Å². The zero-order chi connectivity index (χ0) is 26.4. The summed E-state index contributed by atoms with van der Waals surface area (Å²) in [7, 11) is 1.56. The van der Waals surface area contributed by atoms with Crippen LogP contribution < -0.4 is 15.4 Å². The van der Waals surface area contributed by atoms with E-state index in [-0.39, 0.29) is 29.9 Å². The van der Waals surface area contributed by atoms with Gasteiger partial charge in [0.2, 0.25) is 11.8 Å². The number of benzene rings is 3. The Hall–Kier alpha value is -4.11. The molecule has 7 nitrogen and oxygen atoms in total. The molecule has 3 aromatic carbocycles. The number of rotatable bonds is 9. The van der Waals surface area contributed by atoms with Gasteiger partial charge >= 0.3 is 0 Å². The van der Waals surface area contributed by atoms with E-state index in [0.717, 1.165) is 16.8 Å². The molecular formula is C28H27FN4O3S. The molecule has 4 rings (SSSR count). The van der Waals surface area contributed by atoms with Gasteiger partial charge in [-0.2, -0.15) is 0 Å². The van der Waals surface area contributed by atoms with Crippen molar-refractivity contribution in [2.24, 2.45) is 0 Å². The van der Waals surface area contributed by atoms with E-state index in [1.54, 1.807) is 54.3 Å². The topological polar surface area (TPSA) is 85.2 Å². The summed E-state index contributed by atoms with van der Waals surface area (Å²) in [5.41, 5.74) is 4.68. The van der Waals surface area contributed by atoms with Gasteiger partial charge in [-0.15, -0.1) is 0 Å². The molecular weight excluding hydrogens is 491 g/mol. The lowest BCUT2D eigenvalue weighted by atomic mass is 10.1. The third-order valence-electron chi connectivity index (χ3n) is 5.69. The summed E-state index contributed by atoms with van der Waals surface area (Å²) in [6, 6.07) is 18.9. The van der Waals surface area contributed by atoms with Crippen LogP contribution >= 0.6 is 11.8 Å². The van der Waals surface area contributed by atoms with Crippen LogP contribution in [-0.2, 0) is 16.1 Å². The molecule has 4 aromatic rings. The SMILES string of the molecule is COc1cccc(NC(=O)Cn2c(-c3ccc(F)cc3)cnc2SCC(=O)Nc2c(C)cccc2C)c1. The number of ether oxygens (including phenoxy) is 1. The predicted octanol–water partition coefficient (Wildman–Crippen LogP) is 5.68. The summed E-state index contributed by atoms with van der Waals surface area (Å²) in [6.07, 6.45) is 1.62. The smallest absolute Gasteiger partial charge is 0.244 e. The van der Waals surface area contributed by atoms with Crippen molar-refractivity contribution >= 4 is 35.0 Å². The number of carbonyl (C=O) groups is 2. The fraction of sp³-hybridized carbons (Fsp3) is 0.179. The van der Waals surface area contributed by atoms with Gasteiger partial charge in [-0.3, -0.25) is 9.59 Å². The Balaban J connectivity index is 1.53. The summed E-state index contributed by atoms with van der Waals surface area (Å²) in [5, 5.41) is 6.33. The van der Waals surface area contributed by atoms with E-state index in [1.165, 1.54) is 23.9 Å². The number of hydrogen-bond acceptors (Lipinski definition) is 5. The largest absolute Gasteiger partial charge is 0.497 e. The molecule has 9 heteroatoms. The highest BCUT2D eigenvalue weighted by atomic mass is 32.2. The Kier molecular flexibility index (Phi) is 8.25. The maximum Gasteiger partial charge on any atom is 0.244 e. The first-order valence-electron chi connectivity index (χ1n) is 11.6. The highest BCUT2D eigenvalue weighted by Crippen LogP contribution is 2.27. The fourth-order valence-electron chi connectivity index (χ4n) is 3.84. The quantitative estimate of drug-likeness (QED) is 0.278. The maximum atomic E-state index is 13.5. The van der Waals surface area contributed by atoms with Crippen molar-refractivity contribution in [1.29, 1.82) is 0 Å². The Morgan fingerprint density at radius 1 is 0.973 bits per heavy atom. The molecule has 2 N–H and O–H groups in total. The van der Waals surface area contributed by atoms with Crippen LogP contribution in [0.2, 0.25) is 0 Å². The van der Waals surface area contributed by atoms with Crippen molar-refractivity contribution in [3.05, 3.63) is 89.9 Å². The van der Waals surface area contributed by atoms with Crippen LogP contribution in [0.25, 0.3) is 11.3 Å². The van der Waals surface area contributed by atoms with Crippen molar-refractivity contribution in [3.63, 3.8) is 0 Å². The molecule has 1 heterocycles. The van der Waals surface area contributed by atoms with Crippen LogP contribution in [0.4, 0.5) is 15.8 Å². The average molecular weight is 519 g/mol. The van der Waals surface area contributed by atoms with Crippen LogP contribution in [0.5, 0.6) is 5.75 Å². The number of nitrogens with zero attached hydrogens (tertiary/aromatic N) is 2. The maximum absolute atomic E-state index is 13.5. The van der Waals surface area contributed by atoms with Gasteiger partial charge in [0.15, 0.2) is 5.16 Å². The molecule has 0 aliphatic rings. The molecule has 0 aliphatic heterocycles. The molecule has 0 fully saturated rings. The minimum absolute atomic E-state index is 0.0508. The summed E-state index contributed by atoms with van der Waals surface area (Å²) in [6.45, 7) is 3.83. The normalized spacial score (nSPS) is 10.7. The Morgan fingerprint density at radius 2 is 1.68 bits per heavy atom. The Bertz CT molecular complexity index is 1400. The average Bonchev–Trinajstić information content (AvgIpc) is 3.27. The van der Waals surface area contributed by atoms with Gasteiger partial charge < -0.3 is 19.9 Å². The van der Waals surface area contributed by atoms with E-state index in [2.05, 4.69) is 15.6 Å². The first-order chi connectivity index (χ1) is 17.8. The highest BCUT2D eigenvalue weighted by Gasteiger charge is 2.17. The number of hydrogen-bond donors (Lipinski definition) is 2. The lowest BCUT2D eigenvalue weighted by Crippen LogP contribution is -2.20. The standard InChI is InChI=1S/C28H27FN4O3S/c1-18-6-4-7-19(2)27(18)32-26(35)17-37-28-30-15-24(20-10-12-21(29)13-11-20)33(28)16-25(34)31-22-8-5-9-23(14-22)36-3/h4-15H,16-17H2,1-3H3,(H,31,34)(H,32,35). The molecule has 37 heavy (non-hydrogen) atoms. The molecule has 0 saturated carbocycles. The number of imidazole rings is 1. The molecule has 190 valence electrons. The zero-order valence-electron chi connectivity index (χ0n) is 20.7. The second kappa shape index (κ2) is 11.7. The Labute approximate surface area is 219 Å². The number of carbonyl (C=O) groups excluding carboxylic acids is 2. The fourth-order valence-corrected chi connectivity index (χ4v) is 4.62. The number of thioether (sulfide) groups is 1. The number of methoxy groups -OCH3 is 1. The molecule has 0 saturated heterocycles. The van der Waals surface area contributed by atoms with E-state index in [9.17, 15) is 14.0 Å². The number of halogens is 1. The third-order valence-corrected chi connectivity index (χ3v) is 6.68. The second-order valence-electron chi connectivity index (χ2n) is 8.40. The number of amides is 2. The van der Waals surface area contributed by atoms with Gasteiger partial charge in [0, 0.05) is 17.4 Å². The molecule has 1 aromatic heterocycles. The molecule has 0 unspecified atom stereocenters. The predicted molar refractivity (Wildman–Crippen MR) is 145 cm³/mol. The lowest BCUT2D eigenvalue weighted by Gasteiger charge is -2.14. The Morgan fingerprint density at radius 3 is 2.38 bits per heavy atom. The van der Waals surface area contributed by atoms with Gasteiger partial charge in [0.25, 0.3) is 0 Å². The third kappa shape index (κ3) is 6.56. The van der Waals surface area contributed by atoms with Gasteiger partial charge in [-0.1, -0.05) is 36.0 Å². The second-order valence-corrected chi connectivity index (χ2v) is 9.35. The van der Waals surface area contributed by atoms with Crippen molar-refractivity contribution in [3.8, 4) is 17.0 Å².